The van der Waals surface area contributed by atoms with E-state index in [1.54, 1.807) is 23.6 Å². The Labute approximate surface area is 140 Å². The van der Waals surface area contributed by atoms with Gasteiger partial charge in [-0.1, -0.05) is 37.3 Å². The molecule has 0 aliphatic heterocycles. The van der Waals surface area contributed by atoms with Crippen LogP contribution >= 0.6 is 11.3 Å². The molecular formula is C19H18N2OS. The van der Waals surface area contributed by atoms with Crippen molar-refractivity contribution in [2.75, 3.05) is 0 Å². The summed E-state index contributed by atoms with van der Waals surface area (Å²) in [4.78, 5) is 17.7. The second kappa shape index (κ2) is 7.20. The summed E-state index contributed by atoms with van der Waals surface area (Å²) in [6.45, 7) is 2.66. The van der Waals surface area contributed by atoms with Crippen LogP contribution in [-0.2, 0) is 13.0 Å². The van der Waals surface area contributed by atoms with Crippen LogP contribution in [0.25, 0.3) is 10.6 Å². The maximum absolute atomic E-state index is 12.3. The summed E-state index contributed by atoms with van der Waals surface area (Å²) in [6.07, 6.45) is 2.70. The topological polar surface area (TPSA) is 42.0 Å². The van der Waals surface area contributed by atoms with Gasteiger partial charge in [-0.25, -0.2) is 0 Å². The number of hydrogen-bond donors (Lipinski definition) is 1. The monoisotopic (exact) mass is 322 g/mol. The Morgan fingerprint density at radius 1 is 1.13 bits per heavy atom. The maximum Gasteiger partial charge on any atom is 0.251 e. The number of carbonyl (C=O) groups excluding carboxylic acids is 1. The first-order valence-corrected chi connectivity index (χ1v) is 8.50. The van der Waals surface area contributed by atoms with Crippen LogP contribution in [0.2, 0.25) is 0 Å². The van der Waals surface area contributed by atoms with Gasteiger partial charge in [0.25, 0.3) is 5.91 Å². The lowest BCUT2D eigenvalue weighted by Gasteiger charge is -2.07. The van der Waals surface area contributed by atoms with Crippen LogP contribution < -0.4 is 5.32 Å². The lowest BCUT2D eigenvalue weighted by molar-refractivity contribution is 0.0951. The fourth-order valence-corrected chi connectivity index (χ4v) is 3.00. The van der Waals surface area contributed by atoms with Crippen molar-refractivity contribution >= 4 is 17.2 Å². The number of nitrogens with one attached hydrogen (secondary N) is 1. The first-order chi connectivity index (χ1) is 11.3. The highest BCUT2D eigenvalue weighted by molar-refractivity contribution is 7.13. The average molecular weight is 322 g/mol. The molecule has 3 nitrogen and oxygen atoms in total. The Balaban J connectivity index is 1.67. The molecule has 0 fully saturated rings. The highest BCUT2D eigenvalue weighted by atomic mass is 32.1. The summed E-state index contributed by atoms with van der Waals surface area (Å²) in [7, 11) is 0. The van der Waals surface area contributed by atoms with E-state index in [-0.39, 0.29) is 5.91 Å². The van der Waals surface area contributed by atoms with Crippen molar-refractivity contribution in [2.24, 2.45) is 0 Å². The largest absolute Gasteiger partial charge is 0.348 e. The van der Waals surface area contributed by atoms with Crippen LogP contribution in [0.4, 0.5) is 0 Å². The van der Waals surface area contributed by atoms with Gasteiger partial charge < -0.3 is 5.32 Å². The van der Waals surface area contributed by atoms with Crippen LogP contribution in [-0.4, -0.2) is 10.9 Å². The molecule has 4 heteroatoms. The van der Waals surface area contributed by atoms with Gasteiger partial charge in [0.1, 0.15) is 0 Å². The molecule has 1 aromatic carbocycles. The predicted octanol–water partition coefficient (Wildman–Crippen LogP) is 4.30. The molecule has 0 spiro atoms. The number of rotatable bonds is 5. The second-order valence-corrected chi connectivity index (χ2v) is 6.21. The summed E-state index contributed by atoms with van der Waals surface area (Å²) >= 11 is 1.62. The minimum Gasteiger partial charge on any atom is -0.348 e. The summed E-state index contributed by atoms with van der Waals surface area (Å²) in [5.41, 5.74) is 3.87. The number of thiophene rings is 1. The number of pyridine rings is 1. The standard InChI is InChI=1S/C19H18N2OS/c1-2-14-5-7-15(8-6-14)13-21-19(22)16-9-10-20-17(12-16)18-4-3-11-23-18/h3-12H,2,13H2,1H3,(H,21,22). The molecule has 23 heavy (non-hydrogen) atoms. The Hall–Kier alpha value is -2.46. The second-order valence-electron chi connectivity index (χ2n) is 5.26. The van der Waals surface area contributed by atoms with Crippen LogP contribution in [0.5, 0.6) is 0 Å². The zero-order valence-corrected chi connectivity index (χ0v) is 13.8. The minimum atomic E-state index is -0.0789. The molecule has 0 aliphatic carbocycles. The van der Waals surface area contributed by atoms with Crippen molar-refractivity contribution in [3.63, 3.8) is 0 Å². The molecule has 1 amide bonds. The molecule has 3 rings (SSSR count). The number of aryl methyl sites for hydroxylation is 1. The van der Waals surface area contributed by atoms with Gasteiger partial charge in [-0.15, -0.1) is 11.3 Å². The molecular weight excluding hydrogens is 304 g/mol. The van der Waals surface area contributed by atoms with E-state index >= 15 is 0 Å². The highest BCUT2D eigenvalue weighted by Crippen LogP contribution is 2.23. The van der Waals surface area contributed by atoms with E-state index in [2.05, 4.69) is 41.5 Å². The number of amides is 1. The molecule has 2 aromatic heterocycles. The molecule has 0 saturated heterocycles. The van der Waals surface area contributed by atoms with Crippen molar-refractivity contribution < 1.29 is 4.79 Å². The summed E-state index contributed by atoms with van der Waals surface area (Å²) in [5, 5.41) is 4.97. The molecule has 3 aromatic rings. The SMILES string of the molecule is CCc1ccc(CNC(=O)c2ccnc(-c3cccs3)c2)cc1. The normalized spacial score (nSPS) is 10.5. The first-order valence-electron chi connectivity index (χ1n) is 7.62. The van der Waals surface area contributed by atoms with Gasteiger partial charge in [-0.2, -0.15) is 0 Å². The fraction of sp³-hybridized carbons (Fsp3) is 0.158. The molecule has 0 bridgehead atoms. The molecule has 0 atom stereocenters. The lowest BCUT2D eigenvalue weighted by Crippen LogP contribution is -2.22. The fourth-order valence-electron chi connectivity index (χ4n) is 2.31. The highest BCUT2D eigenvalue weighted by Gasteiger charge is 2.08. The first kappa shape index (κ1) is 15.4. The van der Waals surface area contributed by atoms with Crippen molar-refractivity contribution in [3.05, 3.63) is 76.8 Å². The summed E-state index contributed by atoms with van der Waals surface area (Å²) < 4.78 is 0. The van der Waals surface area contributed by atoms with Crippen molar-refractivity contribution in [1.29, 1.82) is 0 Å². The lowest BCUT2D eigenvalue weighted by atomic mass is 10.1. The minimum absolute atomic E-state index is 0.0789. The summed E-state index contributed by atoms with van der Waals surface area (Å²) in [5.74, 6) is -0.0789. The van der Waals surface area contributed by atoms with Gasteiger partial charge >= 0.3 is 0 Å². The smallest absolute Gasteiger partial charge is 0.251 e. The van der Waals surface area contributed by atoms with Crippen molar-refractivity contribution in [2.45, 2.75) is 19.9 Å². The van der Waals surface area contributed by atoms with Crippen LogP contribution in [0.1, 0.15) is 28.4 Å². The van der Waals surface area contributed by atoms with Crippen LogP contribution in [0, 0.1) is 0 Å². The molecule has 1 N–H and O–H groups in total. The number of benzene rings is 1. The van der Waals surface area contributed by atoms with Gasteiger partial charge in [-0.05, 0) is 41.1 Å². The predicted molar refractivity (Wildman–Crippen MR) is 94.5 cm³/mol. The Bertz CT molecular complexity index is 779. The van der Waals surface area contributed by atoms with Crippen LogP contribution in [0.3, 0.4) is 0 Å². The number of aromatic nitrogens is 1. The molecule has 0 aliphatic rings. The molecule has 0 saturated carbocycles. The third kappa shape index (κ3) is 3.85. The van der Waals surface area contributed by atoms with Gasteiger partial charge in [0, 0.05) is 18.3 Å². The van der Waals surface area contributed by atoms with Gasteiger partial charge in [0.2, 0.25) is 0 Å². The van der Waals surface area contributed by atoms with Gasteiger partial charge in [0.15, 0.2) is 0 Å². The number of hydrogen-bond acceptors (Lipinski definition) is 3. The average Bonchev–Trinajstić information content (AvgIpc) is 3.15. The van der Waals surface area contributed by atoms with E-state index < -0.39 is 0 Å². The summed E-state index contributed by atoms with van der Waals surface area (Å²) in [6, 6.07) is 15.9. The third-order valence-electron chi connectivity index (χ3n) is 3.68. The molecule has 0 radical (unpaired) electrons. The van der Waals surface area contributed by atoms with E-state index in [9.17, 15) is 4.79 Å². The zero-order valence-electron chi connectivity index (χ0n) is 13.0. The third-order valence-corrected chi connectivity index (χ3v) is 4.57. The van der Waals surface area contributed by atoms with Crippen molar-refractivity contribution in [3.8, 4) is 10.6 Å². The van der Waals surface area contributed by atoms with Gasteiger partial charge in [0.05, 0.1) is 10.6 Å². The molecule has 2 heterocycles. The van der Waals surface area contributed by atoms with E-state index in [0.29, 0.717) is 12.1 Å². The van der Waals surface area contributed by atoms with E-state index in [4.69, 9.17) is 0 Å². The van der Waals surface area contributed by atoms with E-state index in [0.717, 1.165) is 22.6 Å². The number of nitrogens with zero attached hydrogens (tertiary/aromatic N) is 1. The Morgan fingerprint density at radius 2 is 1.91 bits per heavy atom. The quantitative estimate of drug-likeness (QED) is 0.761. The van der Waals surface area contributed by atoms with Crippen molar-refractivity contribution in [1.82, 2.24) is 10.3 Å². The Morgan fingerprint density at radius 3 is 2.61 bits per heavy atom. The van der Waals surface area contributed by atoms with Gasteiger partial charge in [-0.3, -0.25) is 9.78 Å². The van der Waals surface area contributed by atoms with E-state index in [1.807, 2.05) is 23.6 Å². The Kier molecular flexibility index (Phi) is 4.83. The van der Waals surface area contributed by atoms with Crippen LogP contribution in [0.15, 0.2) is 60.1 Å². The maximum atomic E-state index is 12.3. The molecule has 0 unspecified atom stereocenters. The number of carbonyl (C=O) groups is 1. The molecule has 116 valence electrons. The zero-order chi connectivity index (χ0) is 16.1. The van der Waals surface area contributed by atoms with E-state index in [1.165, 1.54) is 5.56 Å².